The lowest BCUT2D eigenvalue weighted by Gasteiger charge is -2.49. The van der Waals surface area contributed by atoms with Crippen LogP contribution in [0.5, 0.6) is 5.75 Å². The first kappa shape index (κ1) is 31.5. The Balaban J connectivity index is 1.26. The Bertz CT molecular complexity index is 2240. The number of nitrogens with two attached hydrogens (primary N) is 1. The first-order chi connectivity index (χ1) is 23.2. The number of primary amides is 1. The molecule has 2 aliphatic carbocycles. The number of aromatic nitrogens is 2. The number of benzene rings is 2. The van der Waals surface area contributed by atoms with Crippen molar-refractivity contribution >= 4 is 68.5 Å². The number of halogens is 1. The number of hydrogen-bond acceptors (Lipinski definition) is 8. The molecule has 11 nitrogen and oxygen atoms in total. The molecule has 3 fully saturated rings. The van der Waals surface area contributed by atoms with Crippen LogP contribution in [0.3, 0.4) is 0 Å². The van der Waals surface area contributed by atoms with Crippen LogP contribution in [0.15, 0.2) is 54.1 Å². The van der Waals surface area contributed by atoms with Gasteiger partial charge in [0.15, 0.2) is 0 Å². The van der Waals surface area contributed by atoms with Crippen molar-refractivity contribution in [1.82, 2.24) is 14.7 Å². The second-order valence-corrected chi connectivity index (χ2v) is 15.3. The van der Waals surface area contributed by atoms with Gasteiger partial charge in [0.2, 0.25) is 23.6 Å². The average Bonchev–Trinajstić information content (AvgIpc) is 3.72. The summed E-state index contributed by atoms with van der Waals surface area (Å²) in [5.74, 6) is -5.54. The van der Waals surface area contributed by atoms with Crippen LogP contribution in [-0.4, -0.2) is 49.4 Å². The molecule has 4 heterocycles. The van der Waals surface area contributed by atoms with E-state index in [-0.39, 0.29) is 18.6 Å². The molecule has 3 N–H and O–H groups in total. The molecule has 6 atom stereocenters. The number of hydrogen-bond donors (Lipinski definition) is 2. The number of allylic oxidation sites excluding steroid dienone is 2. The Morgan fingerprint density at radius 3 is 2.51 bits per heavy atom. The molecule has 0 radical (unpaired) electrons. The fourth-order valence-corrected chi connectivity index (χ4v) is 10.2. The maximum Gasteiger partial charge on any atom is 0.328 e. The van der Waals surface area contributed by atoms with E-state index < -0.39 is 64.7 Å². The summed E-state index contributed by atoms with van der Waals surface area (Å²) in [5.41, 5.74) is 7.84. The number of aryl methyl sites for hydroxylation is 3. The van der Waals surface area contributed by atoms with Gasteiger partial charge in [0, 0.05) is 28.8 Å². The summed E-state index contributed by atoms with van der Waals surface area (Å²) in [6.07, 6.45) is 2.22. The lowest BCUT2D eigenvalue weighted by atomic mass is 9.51. The van der Waals surface area contributed by atoms with Crippen molar-refractivity contribution in [2.75, 3.05) is 4.90 Å². The Morgan fingerprint density at radius 1 is 1.04 bits per heavy atom. The van der Waals surface area contributed by atoms with Crippen LogP contribution < -0.4 is 10.6 Å². The monoisotopic (exact) mass is 697 g/mol. The maximum atomic E-state index is 14.9. The number of carbonyl (C=O) groups excluding carboxylic acids is 5. The minimum atomic E-state index is -1.28. The SMILES string of the molecule is Cc1cc(C2C3=CCC4C(=O)N(C(N)=O)C(=O)C4C3CC3C(=O)N(c4cc(-c5sc6ccc(Cl)cc6c5C)nn4C)C(=O)C32C)ccc1O. The van der Waals surface area contributed by atoms with Gasteiger partial charge in [-0.3, -0.25) is 23.9 Å². The number of anilines is 1. The van der Waals surface area contributed by atoms with Gasteiger partial charge in [-0.2, -0.15) is 10.00 Å². The van der Waals surface area contributed by atoms with Gasteiger partial charge in [-0.25, -0.2) is 9.69 Å². The molecule has 1 saturated carbocycles. The van der Waals surface area contributed by atoms with Crippen molar-refractivity contribution in [3.8, 4) is 16.3 Å². The second-order valence-electron chi connectivity index (χ2n) is 13.8. The van der Waals surface area contributed by atoms with Crippen LogP contribution in [0.4, 0.5) is 10.6 Å². The average molecular weight is 698 g/mol. The molecule has 2 aromatic heterocycles. The summed E-state index contributed by atoms with van der Waals surface area (Å²) < 4.78 is 2.57. The molecule has 2 aromatic carbocycles. The van der Waals surface area contributed by atoms with Gasteiger partial charge in [-0.1, -0.05) is 35.4 Å². The van der Waals surface area contributed by atoms with E-state index in [0.29, 0.717) is 32.6 Å². The Kier molecular flexibility index (Phi) is 6.80. The van der Waals surface area contributed by atoms with E-state index in [0.717, 1.165) is 26.1 Å². The number of rotatable bonds is 3. The van der Waals surface area contributed by atoms with Gasteiger partial charge < -0.3 is 10.8 Å². The minimum absolute atomic E-state index is 0.0841. The first-order valence-electron chi connectivity index (χ1n) is 16.0. The summed E-state index contributed by atoms with van der Waals surface area (Å²) >= 11 is 7.83. The molecule has 4 aliphatic rings. The molecular formula is C36H32ClN5O6S. The number of amides is 6. The highest BCUT2D eigenvalue weighted by Gasteiger charge is 2.68. The largest absolute Gasteiger partial charge is 0.508 e. The fraction of sp³-hybridized carbons (Fsp3) is 0.333. The van der Waals surface area contributed by atoms with Crippen molar-refractivity contribution in [1.29, 1.82) is 0 Å². The van der Waals surface area contributed by atoms with Gasteiger partial charge in [0.05, 0.1) is 28.0 Å². The van der Waals surface area contributed by atoms with Crippen LogP contribution in [-0.2, 0) is 26.2 Å². The van der Waals surface area contributed by atoms with Crippen molar-refractivity contribution in [2.24, 2.45) is 41.9 Å². The molecule has 2 saturated heterocycles. The topological polar surface area (TPSA) is 156 Å². The first-order valence-corrected chi connectivity index (χ1v) is 17.2. The fourth-order valence-electron chi connectivity index (χ4n) is 8.90. The number of phenolic OH excluding ortho intramolecular Hbond substituents is 1. The molecule has 0 bridgehead atoms. The highest BCUT2D eigenvalue weighted by molar-refractivity contribution is 7.22. The Hall–Kier alpha value is -4.81. The molecule has 250 valence electrons. The third-order valence-corrected chi connectivity index (χ3v) is 12.8. The molecular weight excluding hydrogens is 666 g/mol. The standard InChI is InChI=1S/C36H32ClN5O6S/c1-15-11-17(5-9-25(15)43)29-19-7-8-20-28(33(46)42(31(20)44)35(38)48)22(19)13-23-32(45)41(34(47)36(23,29)3)27-14-24(39-40(27)4)30-16(2)21-12-18(37)6-10-26(21)49-30/h5-7,9-12,14,20,22-23,28-29,43H,8,13H2,1-4H3,(H2,38,48). The van der Waals surface area contributed by atoms with Gasteiger partial charge in [-0.15, -0.1) is 11.3 Å². The lowest BCUT2D eigenvalue weighted by molar-refractivity contribution is -0.136. The van der Waals surface area contributed by atoms with E-state index in [1.807, 2.05) is 31.2 Å². The number of likely N-dealkylation sites (tertiary alicyclic amines) is 1. The summed E-state index contributed by atoms with van der Waals surface area (Å²) in [5, 5.41) is 16.8. The van der Waals surface area contributed by atoms with E-state index in [2.05, 4.69) is 0 Å². The molecule has 8 rings (SSSR count). The number of fused-ring (bicyclic) bond motifs is 5. The maximum absolute atomic E-state index is 14.9. The second kappa shape index (κ2) is 10.6. The van der Waals surface area contributed by atoms with Crippen LogP contribution in [0.25, 0.3) is 20.7 Å². The quantitative estimate of drug-likeness (QED) is 0.209. The molecule has 0 spiro atoms. The molecule has 6 amide bonds. The van der Waals surface area contributed by atoms with Crippen molar-refractivity contribution in [3.63, 3.8) is 0 Å². The van der Waals surface area contributed by atoms with Crippen LogP contribution in [0.1, 0.15) is 42.4 Å². The summed E-state index contributed by atoms with van der Waals surface area (Å²) in [6, 6.07) is 11.4. The van der Waals surface area contributed by atoms with E-state index in [9.17, 15) is 29.1 Å². The Morgan fingerprint density at radius 2 is 1.80 bits per heavy atom. The van der Waals surface area contributed by atoms with E-state index in [4.69, 9.17) is 22.4 Å². The van der Waals surface area contributed by atoms with E-state index >= 15 is 0 Å². The van der Waals surface area contributed by atoms with E-state index in [1.165, 1.54) is 9.58 Å². The smallest absolute Gasteiger partial charge is 0.328 e. The van der Waals surface area contributed by atoms with Crippen molar-refractivity contribution in [3.05, 3.63) is 75.8 Å². The predicted octanol–water partition coefficient (Wildman–Crippen LogP) is 5.59. The normalized spacial score (nSPS) is 27.9. The zero-order valence-electron chi connectivity index (χ0n) is 27.1. The zero-order valence-corrected chi connectivity index (χ0v) is 28.6. The highest BCUT2D eigenvalue weighted by atomic mass is 35.5. The summed E-state index contributed by atoms with van der Waals surface area (Å²) in [4.78, 5) is 71.2. The van der Waals surface area contributed by atoms with Crippen LogP contribution >= 0.6 is 22.9 Å². The summed E-state index contributed by atoms with van der Waals surface area (Å²) in [7, 11) is 1.69. The number of nitrogens with zero attached hydrogens (tertiary/aromatic N) is 4. The number of thiophene rings is 1. The molecule has 2 aliphatic heterocycles. The van der Waals surface area contributed by atoms with E-state index in [1.54, 1.807) is 56.5 Å². The molecule has 6 unspecified atom stereocenters. The lowest BCUT2D eigenvalue weighted by Crippen LogP contribution is -2.49. The van der Waals surface area contributed by atoms with Crippen molar-refractivity contribution < 1.29 is 29.1 Å². The Labute approximate surface area is 289 Å². The molecule has 49 heavy (non-hydrogen) atoms. The highest BCUT2D eigenvalue weighted by Crippen LogP contribution is 2.63. The van der Waals surface area contributed by atoms with Crippen molar-refractivity contribution in [2.45, 2.75) is 39.5 Å². The van der Waals surface area contributed by atoms with Gasteiger partial charge in [-0.05, 0) is 85.9 Å². The van der Waals surface area contributed by atoms with Gasteiger partial charge in [0.25, 0.3) is 0 Å². The molecule has 13 heteroatoms. The minimum Gasteiger partial charge on any atom is -0.508 e. The number of imide groups is 4. The number of phenols is 1. The molecule has 4 aromatic rings. The van der Waals surface area contributed by atoms with Gasteiger partial charge >= 0.3 is 6.03 Å². The third kappa shape index (κ3) is 4.19. The third-order valence-electron chi connectivity index (χ3n) is 11.3. The van der Waals surface area contributed by atoms with Crippen LogP contribution in [0, 0.1) is 42.9 Å². The number of aromatic hydroxyl groups is 1. The summed E-state index contributed by atoms with van der Waals surface area (Å²) in [6.45, 7) is 5.54. The van der Waals surface area contributed by atoms with Crippen LogP contribution in [0.2, 0.25) is 5.02 Å². The number of urea groups is 1. The zero-order chi connectivity index (χ0) is 34.8. The number of carbonyl (C=O) groups is 5. The predicted molar refractivity (Wildman–Crippen MR) is 183 cm³/mol. The van der Waals surface area contributed by atoms with Gasteiger partial charge in [0.1, 0.15) is 17.3 Å².